The van der Waals surface area contributed by atoms with E-state index < -0.39 is 0 Å². The summed E-state index contributed by atoms with van der Waals surface area (Å²) in [5.74, 6) is 0.812. The largest absolute Gasteiger partial charge is 0.372 e. The molecule has 0 spiro atoms. The summed E-state index contributed by atoms with van der Waals surface area (Å²) in [4.78, 5) is 2.66. The van der Waals surface area contributed by atoms with E-state index in [0.717, 1.165) is 12.0 Å². The molecule has 0 aliphatic carbocycles. The van der Waals surface area contributed by atoms with Gasteiger partial charge in [0.15, 0.2) is 0 Å². The smallest absolute Gasteiger partial charge is 0.0707 e. The van der Waals surface area contributed by atoms with Gasteiger partial charge in [-0.1, -0.05) is 6.92 Å². The fourth-order valence-electron chi connectivity index (χ4n) is 3.20. The number of fused-ring (bicyclic) bond motifs is 2. The zero-order chi connectivity index (χ0) is 9.54. The lowest BCUT2D eigenvalue weighted by Crippen LogP contribution is -2.50. The van der Waals surface area contributed by atoms with E-state index in [-0.39, 0.29) is 0 Å². The monoisotopic (exact) mass is 196 g/mol. The van der Waals surface area contributed by atoms with Crippen LogP contribution in [0.5, 0.6) is 0 Å². The van der Waals surface area contributed by atoms with E-state index in [0.29, 0.717) is 12.2 Å². The van der Waals surface area contributed by atoms with Crippen molar-refractivity contribution in [2.45, 2.75) is 38.0 Å². The molecule has 1 N–H and O–H groups in total. The van der Waals surface area contributed by atoms with Crippen LogP contribution in [-0.2, 0) is 4.74 Å². The van der Waals surface area contributed by atoms with Gasteiger partial charge in [0, 0.05) is 25.7 Å². The molecule has 3 saturated heterocycles. The number of rotatable bonds is 1. The van der Waals surface area contributed by atoms with Crippen LogP contribution in [0, 0.1) is 5.92 Å². The third-order valence-electron chi connectivity index (χ3n) is 4.02. The Bertz CT molecular complexity index is 209. The van der Waals surface area contributed by atoms with Crippen LogP contribution in [0.3, 0.4) is 0 Å². The third-order valence-corrected chi connectivity index (χ3v) is 4.02. The van der Waals surface area contributed by atoms with Crippen molar-refractivity contribution in [3.63, 3.8) is 0 Å². The van der Waals surface area contributed by atoms with Crippen molar-refractivity contribution in [1.82, 2.24) is 10.2 Å². The summed E-state index contributed by atoms with van der Waals surface area (Å²) in [6, 6.07) is 0.766. The second-order valence-corrected chi connectivity index (χ2v) is 5.11. The van der Waals surface area contributed by atoms with Gasteiger partial charge in [-0.2, -0.15) is 0 Å². The van der Waals surface area contributed by atoms with Crippen LogP contribution in [0.25, 0.3) is 0 Å². The Morgan fingerprint density at radius 3 is 2.43 bits per heavy atom. The minimum absolute atomic E-state index is 0.543. The summed E-state index contributed by atoms with van der Waals surface area (Å²) in [5.41, 5.74) is 0. The van der Waals surface area contributed by atoms with Gasteiger partial charge >= 0.3 is 0 Å². The van der Waals surface area contributed by atoms with E-state index in [1.165, 1.54) is 39.0 Å². The van der Waals surface area contributed by atoms with Crippen molar-refractivity contribution in [1.29, 1.82) is 0 Å². The average Bonchev–Trinajstić information content (AvgIpc) is 2.73. The van der Waals surface area contributed by atoms with E-state index in [1.54, 1.807) is 0 Å². The highest BCUT2D eigenvalue weighted by Gasteiger charge is 2.39. The number of morpholine rings is 1. The van der Waals surface area contributed by atoms with Crippen LogP contribution in [0.1, 0.15) is 19.8 Å². The number of hydrogen-bond donors (Lipinski definition) is 1. The lowest BCUT2D eigenvalue weighted by atomic mass is 10.0. The Labute approximate surface area is 85.8 Å². The zero-order valence-corrected chi connectivity index (χ0v) is 8.91. The first-order valence-corrected chi connectivity index (χ1v) is 5.93. The summed E-state index contributed by atoms with van der Waals surface area (Å²) in [5, 5.41) is 3.49. The second-order valence-electron chi connectivity index (χ2n) is 5.11. The van der Waals surface area contributed by atoms with Gasteiger partial charge in [-0.25, -0.2) is 0 Å². The molecule has 3 nitrogen and oxygen atoms in total. The molecule has 14 heavy (non-hydrogen) atoms. The normalized spacial score (nSPS) is 48.6. The highest BCUT2D eigenvalue weighted by Crippen LogP contribution is 2.29. The molecule has 3 rings (SSSR count). The Kier molecular flexibility index (Phi) is 2.26. The first kappa shape index (κ1) is 9.13. The predicted octanol–water partition coefficient (Wildman–Crippen LogP) is 0.457. The van der Waals surface area contributed by atoms with Crippen molar-refractivity contribution in [2.24, 2.45) is 5.92 Å². The molecular formula is C11H20N2O. The molecule has 0 aromatic heterocycles. The molecule has 3 fully saturated rings. The van der Waals surface area contributed by atoms with Gasteiger partial charge in [0.1, 0.15) is 0 Å². The third kappa shape index (κ3) is 1.47. The van der Waals surface area contributed by atoms with Crippen molar-refractivity contribution in [3.8, 4) is 0 Å². The Morgan fingerprint density at radius 1 is 1.14 bits per heavy atom. The predicted molar refractivity (Wildman–Crippen MR) is 55.3 cm³/mol. The van der Waals surface area contributed by atoms with Crippen LogP contribution >= 0.6 is 0 Å². The van der Waals surface area contributed by atoms with Gasteiger partial charge in [-0.15, -0.1) is 0 Å². The summed E-state index contributed by atoms with van der Waals surface area (Å²) in [6.45, 7) is 7.08. The van der Waals surface area contributed by atoms with E-state index >= 15 is 0 Å². The molecule has 3 heteroatoms. The maximum atomic E-state index is 5.86. The van der Waals surface area contributed by atoms with Gasteiger partial charge in [0.2, 0.25) is 0 Å². The lowest BCUT2D eigenvalue weighted by molar-refractivity contribution is -0.0546. The molecule has 0 aromatic rings. The minimum Gasteiger partial charge on any atom is -0.372 e. The first-order chi connectivity index (χ1) is 6.83. The Balaban J connectivity index is 1.67. The topological polar surface area (TPSA) is 24.5 Å². The fraction of sp³-hybridized carbons (Fsp3) is 1.00. The van der Waals surface area contributed by atoms with Crippen molar-refractivity contribution in [2.75, 3.05) is 26.2 Å². The van der Waals surface area contributed by atoms with Crippen LogP contribution in [0.2, 0.25) is 0 Å². The van der Waals surface area contributed by atoms with Gasteiger partial charge in [0.25, 0.3) is 0 Å². The molecule has 3 aliphatic rings. The van der Waals surface area contributed by atoms with Gasteiger partial charge in [0.05, 0.1) is 12.2 Å². The number of likely N-dealkylation sites (tertiary alicyclic amines) is 1. The fourth-order valence-corrected chi connectivity index (χ4v) is 3.20. The maximum absolute atomic E-state index is 5.86. The van der Waals surface area contributed by atoms with E-state index in [1.807, 2.05) is 0 Å². The molecule has 0 radical (unpaired) electrons. The molecule has 4 unspecified atom stereocenters. The van der Waals surface area contributed by atoms with Gasteiger partial charge < -0.3 is 10.1 Å². The van der Waals surface area contributed by atoms with Crippen molar-refractivity contribution in [3.05, 3.63) is 0 Å². The van der Waals surface area contributed by atoms with Crippen LogP contribution < -0.4 is 5.32 Å². The summed E-state index contributed by atoms with van der Waals surface area (Å²) >= 11 is 0. The Morgan fingerprint density at radius 2 is 1.86 bits per heavy atom. The van der Waals surface area contributed by atoms with Crippen molar-refractivity contribution < 1.29 is 4.74 Å². The molecule has 3 aliphatic heterocycles. The molecule has 4 atom stereocenters. The summed E-state index contributed by atoms with van der Waals surface area (Å²) < 4.78 is 5.86. The van der Waals surface area contributed by atoms with Crippen molar-refractivity contribution >= 4 is 0 Å². The van der Waals surface area contributed by atoms with Crippen LogP contribution in [-0.4, -0.2) is 49.3 Å². The standard InChI is InChI=1S/C11H20N2O/c1-8-4-12-5-11(8)13-6-9-2-3-10(7-13)14-9/h8-12H,2-7H2,1H3. The van der Waals surface area contributed by atoms with Gasteiger partial charge in [-0.3, -0.25) is 4.90 Å². The summed E-state index contributed by atoms with van der Waals surface area (Å²) in [7, 11) is 0. The van der Waals surface area contributed by atoms with E-state index in [2.05, 4.69) is 17.1 Å². The van der Waals surface area contributed by atoms with Crippen LogP contribution in [0.4, 0.5) is 0 Å². The second kappa shape index (κ2) is 3.47. The zero-order valence-electron chi connectivity index (χ0n) is 8.91. The first-order valence-electron chi connectivity index (χ1n) is 5.93. The van der Waals surface area contributed by atoms with Crippen LogP contribution in [0.15, 0.2) is 0 Å². The maximum Gasteiger partial charge on any atom is 0.0707 e. The van der Waals surface area contributed by atoms with E-state index in [9.17, 15) is 0 Å². The molecule has 3 heterocycles. The summed E-state index contributed by atoms with van der Waals surface area (Å²) in [6.07, 6.45) is 3.66. The number of nitrogens with one attached hydrogen (secondary N) is 1. The number of ether oxygens (including phenoxy) is 1. The molecular weight excluding hydrogens is 176 g/mol. The number of nitrogens with zero attached hydrogens (tertiary/aromatic N) is 1. The number of hydrogen-bond acceptors (Lipinski definition) is 3. The molecule has 0 saturated carbocycles. The van der Waals surface area contributed by atoms with E-state index in [4.69, 9.17) is 4.74 Å². The van der Waals surface area contributed by atoms with Gasteiger partial charge in [-0.05, 0) is 25.3 Å². The Hall–Kier alpha value is -0.120. The quantitative estimate of drug-likeness (QED) is 0.659. The highest BCUT2D eigenvalue weighted by atomic mass is 16.5. The molecule has 80 valence electrons. The highest BCUT2D eigenvalue weighted by molar-refractivity contribution is 4.93. The molecule has 0 aromatic carbocycles. The molecule has 2 bridgehead atoms. The SMILES string of the molecule is CC1CNCC1N1CC2CCC(C1)O2. The average molecular weight is 196 g/mol. The lowest BCUT2D eigenvalue weighted by Gasteiger charge is -2.37. The minimum atomic E-state index is 0.543. The molecule has 0 amide bonds.